The fourth-order valence-corrected chi connectivity index (χ4v) is 4.58. The van der Waals surface area contributed by atoms with Gasteiger partial charge in [0.1, 0.15) is 30.2 Å². The minimum atomic E-state index is -0.168. The highest BCUT2D eigenvalue weighted by atomic mass is 16.5. The Morgan fingerprint density at radius 2 is 2.00 bits per heavy atom. The monoisotopic (exact) mass is 499 g/mol. The third-order valence-corrected chi connectivity index (χ3v) is 6.61. The van der Waals surface area contributed by atoms with E-state index < -0.39 is 0 Å². The number of carbonyl (C=O) groups excluding carboxylic acids is 1. The number of aromatic nitrogens is 2. The number of likely N-dealkylation sites (tertiary alicyclic amines) is 1. The zero-order valence-corrected chi connectivity index (χ0v) is 20.9. The number of fused-ring (bicyclic) bond motifs is 1. The molecule has 1 fully saturated rings. The van der Waals surface area contributed by atoms with Crippen LogP contribution in [0.1, 0.15) is 36.1 Å². The van der Waals surface area contributed by atoms with E-state index in [1.807, 2.05) is 43.3 Å². The van der Waals surface area contributed by atoms with E-state index in [1.54, 1.807) is 11.1 Å². The maximum atomic E-state index is 12.1. The van der Waals surface area contributed by atoms with Crippen LogP contribution in [0.5, 0.6) is 5.75 Å². The van der Waals surface area contributed by atoms with Crippen LogP contribution in [-0.2, 0) is 17.8 Å². The van der Waals surface area contributed by atoms with Gasteiger partial charge in [-0.05, 0) is 68.8 Å². The van der Waals surface area contributed by atoms with Crippen LogP contribution < -0.4 is 4.74 Å². The third-order valence-electron chi connectivity index (χ3n) is 6.61. The predicted octanol–water partition coefficient (Wildman–Crippen LogP) is 4.73. The van der Waals surface area contributed by atoms with E-state index in [2.05, 4.69) is 25.1 Å². The number of azo groups is 1. The molecule has 0 saturated carbocycles. The summed E-state index contributed by atoms with van der Waals surface area (Å²) in [5.41, 5.74) is 3.08. The number of aryl methyl sites for hydroxylation is 1. The van der Waals surface area contributed by atoms with Crippen molar-refractivity contribution in [2.24, 2.45) is 10.2 Å². The van der Waals surface area contributed by atoms with Gasteiger partial charge in [0.15, 0.2) is 5.76 Å². The first-order chi connectivity index (χ1) is 18.1. The highest BCUT2D eigenvalue weighted by molar-refractivity contribution is 5.78. The van der Waals surface area contributed by atoms with E-state index >= 15 is 0 Å². The molecule has 37 heavy (non-hydrogen) atoms. The Labute approximate surface area is 215 Å². The summed E-state index contributed by atoms with van der Waals surface area (Å²) in [5.74, 6) is 2.30. The molecule has 0 spiro atoms. The molecule has 0 atom stereocenters. The summed E-state index contributed by atoms with van der Waals surface area (Å²) >= 11 is 0. The largest absolute Gasteiger partial charge is 0.492 e. The molecule has 0 radical (unpaired) electrons. The SMILES string of the molecule is Cc1cnc(N=Nc2ccc(OCCN3CCCC3)cc2)nc1-c1cc2c(o1)CCN(C(=O)CC#N)C2. The third kappa shape index (κ3) is 6.01. The summed E-state index contributed by atoms with van der Waals surface area (Å²) in [6, 6.07) is 11.3. The normalized spacial score (nSPS) is 15.6. The van der Waals surface area contributed by atoms with Crippen LogP contribution in [-0.4, -0.2) is 58.5 Å². The smallest absolute Gasteiger partial charge is 0.269 e. The Morgan fingerprint density at radius 1 is 1.19 bits per heavy atom. The van der Waals surface area contributed by atoms with Crippen molar-refractivity contribution < 1.29 is 13.9 Å². The first-order valence-corrected chi connectivity index (χ1v) is 12.6. The summed E-state index contributed by atoms with van der Waals surface area (Å²) in [6.45, 7) is 6.81. The molecule has 0 N–H and O–H groups in total. The number of benzene rings is 1. The molecule has 5 rings (SSSR count). The van der Waals surface area contributed by atoms with Crippen LogP contribution in [0.4, 0.5) is 11.6 Å². The maximum absolute atomic E-state index is 12.1. The quantitative estimate of drug-likeness (QED) is 0.411. The fourth-order valence-electron chi connectivity index (χ4n) is 4.58. The average molecular weight is 500 g/mol. The van der Waals surface area contributed by atoms with Gasteiger partial charge in [0.05, 0.1) is 11.8 Å². The molecular formula is C27H29N7O3. The predicted molar refractivity (Wildman–Crippen MR) is 136 cm³/mol. The van der Waals surface area contributed by atoms with E-state index in [0.717, 1.165) is 42.3 Å². The lowest BCUT2D eigenvalue weighted by atomic mass is 10.1. The van der Waals surface area contributed by atoms with Gasteiger partial charge < -0.3 is 14.1 Å². The molecule has 1 aromatic carbocycles. The molecule has 10 nitrogen and oxygen atoms in total. The molecule has 4 heterocycles. The van der Waals surface area contributed by atoms with Crippen molar-refractivity contribution in [3.8, 4) is 23.3 Å². The summed E-state index contributed by atoms with van der Waals surface area (Å²) in [4.78, 5) is 25.1. The average Bonchev–Trinajstić information content (AvgIpc) is 3.58. The van der Waals surface area contributed by atoms with Crippen LogP contribution in [0.15, 0.2) is 51.2 Å². The van der Waals surface area contributed by atoms with Crippen LogP contribution in [0, 0.1) is 18.3 Å². The molecule has 1 amide bonds. The second kappa shape index (κ2) is 11.3. The number of amides is 1. The van der Waals surface area contributed by atoms with Gasteiger partial charge >= 0.3 is 0 Å². The molecule has 1 saturated heterocycles. The van der Waals surface area contributed by atoms with Crippen LogP contribution in [0.3, 0.4) is 0 Å². The Kier molecular flexibility index (Phi) is 7.51. The lowest BCUT2D eigenvalue weighted by Gasteiger charge is -2.25. The molecule has 3 aromatic rings. The van der Waals surface area contributed by atoms with Crippen molar-refractivity contribution in [2.75, 3.05) is 32.8 Å². The van der Waals surface area contributed by atoms with Crippen molar-refractivity contribution in [2.45, 2.75) is 39.2 Å². The second-order valence-electron chi connectivity index (χ2n) is 9.25. The number of ether oxygens (including phenoxy) is 1. The van der Waals surface area contributed by atoms with Gasteiger partial charge in [-0.15, -0.1) is 10.2 Å². The van der Waals surface area contributed by atoms with Gasteiger partial charge in [-0.1, -0.05) is 0 Å². The van der Waals surface area contributed by atoms with Crippen LogP contribution in [0.25, 0.3) is 11.5 Å². The standard InChI is InChI=1S/C27H29N7O3/c1-19-17-29-27(32-31-21-4-6-22(7-5-21)36-15-14-33-11-2-3-12-33)30-26(19)24-16-20-18-34(25(35)8-10-28)13-9-23(20)37-24/h4-7,16-17H,2-3,8-9,11-15,18H2,1H3. The molecule has 0 unspecified atom stereocenters. The first kappa shape index (κ1) is 24.6. The fraction of sp³-hybridized carbons (Fsp3) is 0.407. The summed E-state index contributed by atoms with van der Waals surface area (Å²) in [7, 11) is 0. The number of hydrogen-bond donors (Lipinski definition) is 0. The zero-order valence-electron chi connectivity index (χ0n) is 20.9. The highest BCUT2D eigenvalue weighted by Gasteiger charge is 2.25. The van der Waals surface area contributed by atoms with Crippen molar-refractivity contribution in [3.63, 3.8) is 0 Å². The second-order valence-corrected chi connectivity index (χ2v) is 9.25. The Bertz CT molecular complexity index is 1320. The Morgan fingerprint density at radius 3 is 2.78 bits per heavy atom. The molecule has 2 aromatic heterocycles. The summed E-state index contributed by atoms with van der Waals surface area (Å²) in [5, 5.41) is 17.3. The number of rotatable bonds is 8. The van der Waals surface area contributed by atoms with E-state index in [4.69, 9.17) is 14.4 Å². The molecule has 0 bridgehead atoms. The number of nitrogens with zero attached hydrogens (tertiary/aromatic N) is 7. The van der Waals surface area contributed by atoms with Gasteiger partial charge in [0, 0.05) is 37.8 Å². The zero-order chi connectivity index (χ0) is 25.6. The number of furan rings is 1. The number of nitriles is 1. The van der Waals surface area contributed by atoms with Gasteiger partial charge in [0.25, 0.3) is 5.95 Å². The van der Waals surface area contributed by atoms with Crippen LogP contribution >= 0.6 is 0 Å². The van der Waals surface area contributed by atoms with Crippen LogP contribution in [0.2, 0.25) is 0 Å². The maximum Gasteiger partial charge on any atom is 0.269 e. The first-order valence-electron chi connectivity index (χ1n) is 12.6. The summed E-state index contributed by atoms with van der Waals surface area (Å²) < 4.78 is 11.9. The van der Waals surface area contributed by atoms with Crippen molar-refractivity contribution >= 4 is 17.5 Å². The summed E-state index contributed by atoms with van der Waals surface area (Å²) in [6.07, 6.45) is 4.73. The van der Waals surface area contributed by atoms with Crippen molar-refractivity contribution in [1.29, 1.82) is 5.26 Å². The van der Waals surface area contributed by atoms with Gasteiger partial charge in [-0.25, -0.2) is 9.97 Å². The van der Waals surface area contributed by atoms with E-state index in [1.165, 1.54) is 12.8 Å². The lowest BCUT2D eigenvalue weighted by molar-refractivity contribution is -0.131. The number of hydrogen-bond acceptors (Lipinski definition) is 9. The number of carbonyl (C=O) groups is 1. The minimum Gasteiger partial charge on any atom is -0.492 e. The Hall–Kier alpha value is -4.10. The lowest BCUT2D eigenvalue weighted by Crippen LogP contribution is -2.35. The Balaban J connectivity index is 1.23. The van der Waals surface area contributed by atoms with E-state index in [9.17, 15) is 4.79 Å². The van der Waals surface area contributed by atoms with E-state index in [-0.39, 0.29) is 18.3 Å². The topological polar surface area (TPSA) is 120 Å². The molecule has 0 aliphatic carbocycles. The molecule has 2 aliphatic heterocycles. The molecule has 2 aliphatic rings. The van der Waals surface area contributed by atoms with Gasteiger partial charge in [-0.2, -0.15) is 5.26 Å². The molecule has 10 heteroatoms. The minimum absolute atomic E-state index is 0.117. The van der Waals surface area contributed by atoms with Gasteiger partial charge in [0.2, 0.25) is 5.91 Å². The molecular weight excluding hydrogens is 470 g/mol. The van der Waals surface area contributed by atoms with Crippen molar-refractivity contribution in [1.82, 2.24) is 19.8 Å². The van der Waals surface area contributed by atoms with Gasteiger partial charge in [-0.3, -0.25) is 9.69 Å². The highest BCUT2D eigenvalue weighted by Crippen LogP contribution is 2.31. The molecule has 190 valence electrons. The van der Waals surface area contributed by atoms with E-state index in [0.29, 0.717) is 43.3 Å². The van der Waals surface area contributed by atoms with Crippen molar-refractivity contribution in [3.05, 3.63) is 53.4 Å².